The molecule has 0 bridgehead atoms. The second-order valence-corrected chi connectivity index (χ2v) is 8.67. The molecule has 1 aliphatic rings. The number of nitriles is 1. The van der Waals surface area contributed by atoms with E-state index in [-0.39, 0.29) is 6.04 Å². The molecule has 0 aliphatic carbocycles. The van der Waals surface area contributed by atoms with E-state index in [1.807, 2.05) is 32.2 Å². The molecule has 0 unspecified atom stereocenters. The zero-order valence-corrected chi connectivity index (χ0v) is 19.6. The molecule has 3 heterocycles. The van der Waals surface area contributed by atoms with Gasteiger partial charge in [-0.05, 0) is 57.0 Å². The van der Waals surface area contributed by atoms with Gasteiger partial charge in [0.15, 0.2) is 5.82 Å². The number of nitrogens with one attached hydrogen (secondary N) is 1. The third kappa shape index (κ3) is 4.11. The number of hydrogen-bond acceptors (Lipinski definition) is 7. The van der Waals surface area contributed by atoms with Crippen molar-refractivity contribution in [2.24, 2.45) is 0 Å². The number of fused-ring (bicyclic) bond motifs is 1. The molecule has 4 rings (SSSR count). The lowest BCUT2D eigenvalue weighted by atomic mass is 9.98. The predicted octanol–water partition coefficient (Wildman–Crippen LogP) is 4.22. The van der Waals surface area contributed by atoms with E-state index in [1.165, 1.54) is 0 Å². The number of aromatic nitrogens is 3. The summed E-state index contributed by atoms with van der Waals surface area (Å²) in [5.74, 6) is 1.68. The van der Waals surface area contributed by atoms with Gasteiger partial charge in [-0.3, -0.25) is 0 Å². The first-order valence-corrected chi connectivity index (χ1v) is 11.3. The van der Waals surface area contributed by atoms with Crippen LogP contribution in [0.1, 0.15) is 48.7 Å². The number of hydrogen-bond donors (Lipinski definition) is 1. The maximum absolute atomic E-state index is 9.38. The first-order valence-electron chi connectivity index (χ1n) is 11.3. The van der Waals surface area contributed by atoms with Crippen LogP contribution in [-0.4, -0.2) is 52.8 Å². The second-order valence-electron chi connectivity index (χ2n) is 8.67. The zero-order valence-electron chi connectivity index (χ0n) is 19.6. The topological polar surface area (TPSA) is 81.0 Å². The smallest absolute Gasteiger partial charge is 0.157 e. The van der Waals surface area contributed by atoms with Crippen LogP contribution in [-0.2, 0) is 0 Å². The van der Waals surface area contributed by atoms with E-state index in [1.54, 1.807) is 0 Å². The third-order valence-electron chi connectivity index (χ3n) is 6.75. The lowest BCUT2D eigenvalue weighted by Gasteiger charge is -2.26. The Morgan fingerprint density at radius 2 is 2.09 bits per heavy atom. The van der Waals surface area contributed by atoms with Crippen LogP contribution >= 0.6 is 0 Å². The highest BCUT2D eigenvalue weighted by molar-refractivity contribution is 5.94. The summed E-state index contributed by atoms with van der Waals surface area (Å²) in [7, 11) is 2.13. The summed E-state index contributed by atoms with van der Waals surface area (Å²) in [6.07, 6.45) is 3.06. The van der Waals surface area contributed by atoms with Crippen LogP contribution in [0.25, 0.3) is 10.8 Å². The van der Waals surface area contributed by atoms with Gasteiger partial charge in [0.05, 0.1) is 23.4 Å². The van der Waals surface area contributed by atoms with Gasteiger partial charge < -0.3 is 15.1 Å². The SMILES string of the molecule is CCN1CC[C@@H](N(C)c2cc3c(N[C@H](C)c4cccc(C#N)c4C)nnc(C)c3cn2)C1. The molecule has 0 amide bonds. The van der Waals surface area contributed by atoms with Crippen molar-refractivity contribution in [2.45, 2.75) is 46.2 Å². The van der Waals surface area contributed by atoms with Gasteiger partial charge >= 0.3 is 0 Å². The fraction of sp³-hybridized carbons (Fsp3) is 0.440. The zero-order chi connectivity index (χ0) is 22.8. The van der Waals surface area contributed by atoms with Crippen molar-refractivity contribution in [3.05, 3.63) is 52.8 Å². The summed E-state index contributed by atoms with van der Waals surface area (Å²) >= 11 is 0. The molecule has 2 aromatic heterocycles. The number of nitrogens with zero attached hydrogens (tertiary/aromatic N) is 6. The van der Waals surface area contributed by atoms with Crippen LogP contribution < -0.4 is 10.2 Å². The number of rotatable bonds is 6. The number of pyridine rings is 1. The molecular weight excluding hydrogens is 398 g/mol. The van der Waals surface area contributed by atoms with Gasteiger partial charge in [-0.1, -0.05) is 19.1 Å². The van der Waals surface area contributed by atoms with Crippen LogP contribution in [0.3, 0.4) is 0 Å². The molecule has 0 radical (unpaired) electrons. The highest BCUT2D eigenvalue weighted by Crippen LogP contribution is 2.30. The Kier molecular flexibility index (Phi) is 6.24. The van der Waals surface area contributed by atoms with Gasteiger partial charge in [-0.25, -0.2) is 4.98 Å². The Bertz CT molecular complexity index is 1170. The van der Waals surface area contributed by atoms with Crippen molar-refractivity contribution >= 4 is 22.4 Å². The minimum Gasteiger partial charge on any atom is -0.362 e. The number of likely N-dealkylation sites (tertiary alicyclic amines) is 1. The summed E-state index contributed by atoms with van der Waals surface area (Å²) < 4.78 is 0. The van der Waals surface area contributed by atoms with Crippen LogP contribution in [0.4, 0.5) is 11.6 Å². The number of benzene rings is 1. The Balaban J connectivity index is 1.67. The molecule has 2 atom stereocenters. The molecule has 3 aromatic rings. The lowest BCUT2D eigenvalue weighted by molar-refractivity contribution is 0.352. The van der Waals surface area contributed by atoms with Gasteiger partial charge in [0, 0.05) is 43.1 Å². The highest BCUT2D eigenvalue weighted by atomic mass is 15.3. The van der Waals surface area contributed by atoms with E-state index in [2.05, 4.69) is 64.4 Å². The molecule has 1 aromatic carbocycles. The van der Waals surface area contributed by atoms with Gasteiger partial charge in [-0.15, -0.1) is 5.10 Å². The van der Waals surface area contributed by atoms with E-state index in [9.17, 15) is 5.26 Å². The molecule has 7 nitrogen and oxygen atoms in total. The Hall–Kier alpha value is -3.24. The molecule has 166 valence electrons. The molecule has 1 fully saturated rings. The van der Waals surface area contributed by atoms with Gasteiger partial charge in [0.2, 0.25) is 0 Å². The van der Waals surface area contributed by atoms with Crippen molar-refractivity contribution in [3.8, 4) is 6.07 Å². The average Bonchev–Trinajstić information content (AvgIpc) is 3.29. The number of anilines is 2. The van der Waals surface area contributed by atoms with E-state index >= 15 is 0 Å². The minimum atomic E-state index is -0.0224. The van der Waals surface area contributed by atoms with Crippen molar-refractivity contribution in [2.75, 3.05) is 36.9 Å². The molecule has 1 saturated heterocycles. The van der Waals surface area contributed by atoms with E-state index < -0.39 is 0 Å². The van der Waals surface area contributed by atoms with Gasteiger partial charge in [-0.2, -0.15) is 10.4 Å². The summed E-state index contributed by atoms with van der Waals surface area (Å²) in [5, 5.41) is 23.8. The molecule has 0 spiro atoms. The van der Waals surface area contributed by atoms with Crippen LogP contribution in [0.15, 0.2) is 30.5 Å². The van der Waals surface area contributed by atoms with Crippen LogP contribution in [0.5, 0.6) is 0 Å². The maximum atomic E-state index is 9.38. The van der Waals surface area contributed by atoms with Crippen LogP contribution in [0.2, 0.25) is 0 Å². The fourth-order valence-corrected chi connectivity index (χ4v) is 4.59. The number of aryl methyl sites for hydroxylation is 1. The predicted molar refractivity (Wildman–Crippen MR) is 129 cm³/mol. The van der Waals surface area contributed by atoms with E-state index in [0.717, 1.165) is 65.3 Å². The maximum Gasteiger partial charge on any atom is 0.157 e. The Morgan fingerprint density at radius 1 is 1.28 bits per heavy atom. The Labute approximate surface area is 190 Å². The van der Waals surface area contributed by atoms with Crippen molar-refractivity contribution in [1.29, 1.82) is 5.26 Å². The minimum absolute atomic E-state index is 0.0224. The molecule has 1 aliphatic heterocycles. The third-order valence-corrected chi connectivity index (χ3v) is 6.75. The summed E-state index contributed by atoms with van der Waals surface area (Å²) in [6, 6.07) is 10.7. The number of likely N-dealkylation sites (N-methyl/N-ethyl adjacent to an activating group) is 2. The monoisotopic (exact) mass is 429 g/mol. The quantitative estimate of drug-likeness (QED) is 0.628. The molecular formula is C25H31N7. The summed E-state index contributed by atoms with van der Waals surface area (Å²) in [5.41, 5.74) is 3.63. The molecule has 1 N–H and O–H groups in total. The molecule has 32 heavy (non-hydrogen) atoms. The van der Waals surface area contributed by atoms with Gasteiger partial charge in [0.25, 0.3) is 0 Å². The Morgan fingerprint density at radius 3 is 2.81 bits per heavy atom. The average molecular weight is 430 g/mol. The fourth-order valence-electron chi connectivity index (χ4n) is 4.59. The second kappa shape index (κ2) is 9.09. The summed E-state index contributed by atoms with van der Waals surface area (Å²) in [4.78, 5) is 9.52. The van der Waals surface area contributed by atoms with Crippen molar-refractivity contribution in [1.82, 2.24) is 20.1 Å². The molecule has 7 heteroatoms. The van der Waals surface area contributed by atoms with E-state index in [4.69, 9.17) is 4.98 Å². The first kappa shape index (κ1) is 22.0. The molecule has 0 saturated carbocycles. The summed E-state index contributed by atoms with van der Waals surface area (Å²) in [6.45, 7) is 11.5. The van der Waals surface area contributed by atoms with Gasteiger partial charge in [0.1, 0.15) is 5.82 Å². The largest absolute Gasteiger partial charge is 0.362 e. The first-order chi connectivity index (χ1) is 15.4. The van der Waals surface area contributed by atoms with E-state index in [0.29, 0.717) is 11.6 Å². The standard InChI is InChI=1S/C25H31N7/c1-6-32-11-10-20(15-32)31(5)24-12-22-23(14-27-24)18(4)29-30-25(22)28-17(3)21-9-7-8-19(13-26)16(21)2/h7-9,12,14,17,20H,6,10-11,15H2,1-5H3,(H,28,30)/t17-,20-/m1/s1. The normalized spacial score (nSPS) is 17.3. The van der Waals surface area contributed by atoms with Crippen molar-refractivity contribution < 1.29 is 0 Å². The van der Waals surface area contributed by atoms with Crippen LogP contribution in [0, 0.1) is 25.2 Å². The van der Waals surface area contributed by atoms with Crippen molar-refractivity contribution in [3.63, 3.8) is 0 Å². The lowest BCUT2D eigenvalue weighted by Crippen LogP contribution is -2.35. The highest BCUT2D eigenvalue weighted by Gasteiger charge is 2.26.